The molecule has 0 aliphatic rings. The van der Waals surface area contributed by atoms with Gasteiger partial charge in [-0.05, 0) is 18.2 Å². The van der Waals surface area contributed by atoms with Crippen molar-refractivity contribution in [2.24, 2.45) is 0 Å². The van der Waals surface area contributed by atoms with E-state index in [-0.39, 0.29) is 5.56 Å². The average molecular weight is 164 g/mol. The van der Waals surface area contributed by atoms with Crippen molar-refractivity contribution in [2.45, 2.75) is 0 Å². The maximum Gasteiger partial charge on any atom is 0.156 e. The highest BCUT2D eigenvalue weighted by Crippen LogP contribution is 2.20. The summed E-state index contributed by atoms with van der Waals surface area (Å²) in [6.45, 7) is 0. The lowest BCUT2D eigenvalue weighted by Crippen LogP contribution is -1.86. The summed E-state index contributed by atoms with van der Waals surface area (Å²) < 4.78 is 17.9. The number of hydrogen-bond acceptors (Lipinski definition) is 2. The van der Waals surface area contributed by atoms with Crippen molar-refractivity contribution in [1.29, 1.82) is 0 Å². The van der Waals surface area contributed by atoms with Gasteiger partial charge in [0, 0.05) is 5.39 Å². The van der Waals surface area contributed by atoms with Crippen molar-refractivity contribution in [1.82, 2.24) is 0 Å². The molecule has 0 spiro atoms. The van der Waals surface area contributed by atoms with Crippen LogP contribution in [0, 0.1) is 5.82 Å². The molecule has 1 aromatic carbocycles. The molecule has 0 atom stereocenters. The third kappa shape index (κ3) is 0.830. The highest BCUT2D eigenvalue weighted by Gasteiger charge is 2.08. The van der Waals surface area contributed by atoms with Gasteiger partial charge in [-0.1, -0.05) is 0 Å². The molecule has 3 heteroatoms. The summed E-state index contributed by atoms with van der Waals surface area (Å²) in [5.41, 5.74) is 0.294. The second kappa shape index (κ2) is 2.44. The predicted molar refractivity (Wildman–Crippen MR) is 41.6 cm³/mol. The van der Waals surface area contributed by atoms with Gasteiger partial charge < -0.3 is 4.42 Å². The van der Waals surface area contributed by atoms with Crippen molar-refractivity contribution in [3.63, 3.8) is 0 Å². The molecule has 1 heterocycles. The molecule has 1 aromatic heterocycles. The fraction of sp³-hybridized carbons (Fsp3) is 0. The van der Waals surface area contributed by atoms with Crippen LogP contribution in [-0.4, -0.2) is 6.29 Å². The van der Waals surface area contributed by atoms with Gasteiger partial charge in [0.2, 0.25) is 0 Å². The Morgan fingerprint density at radius 1 is 1.33 bits per heavy atom. The van der Waals surface area contributed by atoms with Gasteiger partial charge in [-0.15, -0.1) is 0 Å². The zero-order chi connectivity index (χ0) is 8.55. The SMILES string of the molecule is O=Cc1c(F)ccc2ccoc12. The maximum atomic E-state index is 12.9. The van der Waals surface area contributed by atoms with Crippen LogP contribution in [0.5, 0.6) is 0 Å². The first-order valence-corrected chi connectivity index (χ1v) is 3.44. The average Bonchev–Trinajstić information content (AvgIpc) is 2.52. The normalized spacial score (nSPS) is 10.4. The molecular formula is C9H5FO2. The van der Waals surface area contributed by atoms with Crippen LogP contribution in [0.15, 0.2) is 28.9 Å². The number of carbonyl (C=O) groups excluding carboxylic acids is 1. The maximum absolute atomic E-state index is 12.9. The third-order valence-electron chi connectivity index (χ3n) is 1.72. The third-order valence-corrected chi connectivity index (χ3v) is 1.72. The summed E-state index contributed by atoms with van der Waals surface area (Å²) in [4.78, 5) is 10.4. The summed E-state index contributed by atoms with van der Waals surface area (Å²) in [6.07, 6.45) is 1.89. The van der Waals surface area contributed by atoms with Gasteiger partial charge in [0.05, 0.1) is 11.8 Å². The van der Waals surface area contributed by atoms with E-state index in [1.165, 1.54) is 12.3 Å². The van der Waals surface area contributed by atoms with Crippen molar-refractivity contribution < 1.29 is 13.6 Å². The summed E-state index contributed by atoms with van der Waals surface area (Å²) in [5, 5.41) is 0.735. The Morgan fingerprint density at radius 3 is 2.92 bits per heavy atom. The van der Waals surface area contributed by atoms with Crippen LogP contribution in [0.25, 0.3) is 11.0 Å². The first kappa shape index (κ1) is 7.03. The number of aldehydes is 1. The molecule has 0 bridgehead atoms. The molecule has 0 aliphatic carbocycles. The Labute approximate surface area is 67.6 Å². The molecular weight excluding hydrogens is 159 g/mol. The Balaban J connectivity index is 2.91. The molecule has 0 saturated heterocycles. The first-order valence-electron chi connectivity index (χ1n) is 3.44. The monoisotopic (exact) mass is 164 g/mol. The van der Waals surface area contributed by atoms with Crippen molar-refractivity contribution in [3.05, 3.63) is 35.8 Å². The molecule has 0 fully saturated rings. The fourth-order valence-corrected chi connectivity index (χ4v) is 1.14. The van der Waals surface area contributed by atoms with Crippen LogP contribution >= 0.6 is 0 Å². The van der Waals surface area contributed by atoms with E-state index in [1.54, 1.807) is 12.1 Å². The fourth-order valence-electron chi connectivity index (χ4n) is 1.14. The van der Waals surface area contributed by atoms with Crippen molar-refractivity contribution in [3.8, 4) is 0 Å². The summed E-state index contributed by atoms with van der Waals surface area (Å²) in [6, 6.07) is 4.50. The zero-order valence-electron chi connectivity index (χ0n) is 6.08. The van der Waals surface area contributed by atoms with Crippen LogP contribution in [0.4, 0.5) is 4.39 Å². The van der Waals surface area contributed by atoms with Crippen LogP contribution in [-0.2, 0) is 0 Å². The highest BCUT2D eigenvalue weighted by atomic mass is 19.1. The van der Waals surface area contributed by atoms with Crippen LogP contribution in [0.3, 0.4) is 0 Å². The summed E-state index contributed by atoms with van der Waals surface area (Å²) in [7, 11) is 0. The molecule has 2 nitrogen and oxygen atoms in total. The van der Waals surface area contributed by atoms with Gasteiger partial charge in [0.1, 0.15) is 11.4 Å². The number of furan rings is 1. The zero-order valence-corrected chi connectivity index (χ0v) is 6.08. The van der Waals surface area contributed by atoms with E-state index >= 15 is 0 Å². The number of fused-ring (bicyclic) bond motifs is 1. The molecule has 0 amide bonds. The molecule has 2 rings (SSSR count). The Kier molecular flexibility index (Phi) is 1.43. The van der Waals surface area contributed by atoms with E-state index in [0.717, 1.165) is 5.39 Å². The van der Waals surface area contributed by atoms with E-state index in [4.69, 9.17) is 4.42 Å². The van der Waals surface area contributed by atoms with Gasteiger partial charge in [-0.3, -0.25) is 4.79 Å². The molecule has 0 aliphatic heterocycles. The quantitative estimate of drug-likeness (QED) is 0.605. The standard InChI is InChI=1S/C9H5FO2/c10-8-2-1-6-3-4-12-9(6)7(8)5-11/h1-5H. The number of halogens is 1. The minimum atomic E-state index is -0.549. The van der Waals surface area contributed by atoms with E-state index in [0.29, 0.717) is 11.9 Å². The van der Waals surface area contributed by atoms with Crippen LogP contribution in [0.1, 0.15) is 10.4 Å². The number of rotatable bonds is 1. The number of hydrogen-bond donors (Lipinski definition) is 0. The first-order chi connectivity index (χ1) is 5.83. The van der Waals surface area contributed by atoms with Crippen LogP contribution in [0.2, 0.25) is 0 Å². The summed E-state index contributed by atoms with van der Waals surface area (Å²) in [5.74, 6) is -0.549. The smallest absolute Gasteiger partial charge is 0.156 e. The van der Waals surface area contributed by atoms with Gasteiger partial charge in [-0.2, -0.15) is 0 Å². The largest absolute Gasteiger partial charge is 0.463 e. The van der Waals surface area contributed by atoms with Gasteiger partial charge in [0.15, 0.2) is 6.29 Å². The van der Waals surface area contributed by atoms with Gasteiger partial charge in [-0.25, -0.2) is 4.39 Å². The lowest BCUT2D eigenvalue weighted by Gasteiger charge is -1.93. The lowest BCUT2D eigenvalue weighted by molar-refractivity contribution is 0.112. The second-order valence-electron chi connectivity index (χ2n) is 2.42. The van der Waals surface area contributed by atoms with Gasteiger partial charge >= 0.3 is 0 Å². The van der Waals surface area contributed by atoms with Crippen molar-refractivity contribution in [2.75, 3.05) is 0 Å². The molecule has 0 radical (unpaired) electrons. The predicted octanol–water partition coefficient (Wildman–Crippen LogP) is 2.38. The van der Waals surface area contributed by atoms with E-state index in [2.05, 4.69) is 0 Å². The Morgan fingerprint density at radius 2 is 2.17 bits per heavy atom. The van der Waals surface area contributed by atoms with E-state index in [9.17, 15) is 9.18 Å². The van der Waals surface area contributed by atoms with E-state index < -0.39 is 5.82 Å². The molecule has 0 N–H and O–H groups in total. The lowest BCUT2D eigenvalue weighted by atomic mass is 10.1. The van der Waals surface area contributed by atoms with Gasteiger partial charge in [0.25, 0.3) is 0 Å². The Hall–Kier alpha value is -1.64. The van der Waals surface area contributed by atoms with Crippen molar-refractivity contribution >= 4 is 17.3 Å². The topological polar surface area (TPSA) is 30.2 Å². The minimum Gasteiger partial charge on any atom is -0.463 e. The minimum absolute atomic E-state index is 0.0162. The molecule has 2 aromatic rings. The highest BCUT2D eigenvalue weighted by molar-refractivity contribution is 5.94. The number of carbonyl (C=O) groups is 1. The Bertz CT molecular complexity index is 431. The number of benzene rings is 1. The molecule has 0 unspecified atom stereocenters. The second-order valence-corrected chi connectivity index (χ2v) is 2.42. The van der Waals surface area contributed by atoms with Crippen LogP contribution < -0.4 is 0 Å². The molecule has 60 valence electrons. The summed E-state index contributed by atoms with van der Waals surface area (Å²) >= 11 is 0. The molecule has 0 saturated carbocycles. The molecule has 12 heavy (non-hydrogen) atoms. The van der Waals surface area contributed by atoms with E-state index in [1.807, 2.05) is 0 Å².